The molecule has 1 aromatic carbocycles. The fourth-order valence-corrected chi connectivity index (χ4v) is 3.00. The molecule has 0 bridgehead atoms. The topological polar surface area (TPSA) is 42.1 Å². The monoisotopic (exact) mass is 325 g/mol. The van der Waals surface area contributed by atoms with Gasteiger partial charge in [0.15, 0.2) is 0 Å². The van der Waals surface area contributed by atoms with Crippen LogP contribution in [0.25, 0.3) is 10.9 Å². The molecule has 0 aliphatic carbocycles. The van der Waals surface area contributed by atoms with Gasteiger partial charge in [0.05, 0.1) is 11.2 Å². The van der Waals surface area contributed by atoms with E-state index in [9.17, 15) is 0 Å². The summed E-state index contributed by atoms with van der Waals surface area (Å²) < 4.78 is 0. The number of nitrogen functional groups attached to an aromatic ring is 1. The highest BCUT2D eigenvalue weighted by Gasteiger charge is 2.23. The van der Waals surface area contributed by atoms with Gasteiger partial charge in [0.1, 0.15) is 5.82 Å². The SMILES string of the molecule is C=C(CCCC)N(CC(C)(C)C)c1c(C)c(N)nc2ccccc12. The molecule has 0 amide bonds. The van der Waals surface area contributed by atoms with Crippen molar-refractivity contribution < 1.29 is 0 Å². The summed E-state index contributed by atoms with van der Waals surface area (Å²) in [5.74, 6) is 0.603. The minimum Gasteiger partial charge on any atom is -0.383 e. The summed E-state index contributed by atoms with van der Waals surface area (Å²) in [4.78, 5) is 6.92. The van der Waals surface area contributed by atoms with E-state index in [1.807, 2.05) is 12.1 Å². The molecule has 0 atom stereocenters. The van der Waals surface area contributed by atoms with Gasteiger partial charge in [-0.15, -0.1) is 0 Å². The average molecular weight is 326 g/mol. The Morgan fingerprint density at radius 1 is 1.25 bits per heavy atom. The largest absolute Gasteiger partial charge is 0.383 e. The molecule has 24 heavy (non-hydrogen) atoms. The van der Waals surface area contributed by atoms with Crippen molar-refractivity contribution in [3.63, 3.8) is 0 Å². The van der Waals surface area contributed by atoms with Crippen LogP contribution < -0.4 is 10.6 Å². The zero-order chi connectivity index (χ0) is 17.9. The number of anilines is 2. The van der Waals surface area contributed by atoms with Crippen LogP contribution in [-0.2, 0) is 0 Å². The van der Waals surface area contributed by atoms with E-state index in [0.717, 1.165) is 47.2 Å². The maximum atomic E-state index is 6.22. The van der Waals surface area contributed by atoms with Gasteiger partial charge >= 0.3 is 0 Å². The van der Waals surface area contributed by atoms with Crippen LogP contribution in [0.2, 0.25) is 0 Å². The minimum absolute atomic E-state index is 0.154. The normalized spacial score (nSPS) is 11.7. The standard InChI is InChI=1S/C21H31N3/c1-7-8-11-15(2)24(14-21(4,5)6)19-16(3)20(22)23-18-13-10-9-12-17(18)19/h9-10,12-13H,2,7-8,11,14H2,1,3-6H3,(H2,22,23). The first-order valence-corrected chi connectivity index (χ1v) is 8.84. The molecule has 130 valence electrons. The van der Waals surface area contributed by atoms with Gasteiger partial charge in [-0.25, -0.2) is 4.98 Å². The van der Waals surface area contributed by atoms with E-state index >= 15 is 0 Å². The maximum absolute atomic E-state index is 6.22. The third kappa shape index (κ3) is 4.08. The lowest BCUT2D eigenvalue weighted by Gasteiger charge is -2.35. The van der Waals surface area contributed by atoms with E-state index in [0.29, 0.717) is 5.82 Å². The Hall–Kier alpha value is -2.03. The Labute approximate surface area is 146 Å². The molecule has 0 unspecified atom stereocenters. The number of para-hydroxylation sites is 1. The fraction of sp³-hybridized carbons (Fsp3) is 0.476. The average Bonchev–Trinajstić information content (AvgIpc) is 2.51. The van der Waals surface area contributed by atoms with Crippen LogP contribution in [0.3, 0.4) is 0 Å². The van der Waals surface area contributed by atoms with Crippen LogP contribution >= 0.6 is 0 Å². The molecule has 0 saturated heterocycles. The van der Waals surface area contributed by atoms with Crippen LogP contribution in [0.1, 0.15) is 52.5 Å². The summed E-state index contributed by atoms with van der Waals surface area (Å²) in [5.41, 5.74) is 10.7. The van der Waals surface area contributed by atoms with Crippen molar-refractivity contribution in [2.75, 3.05) is 17.2 Å². The molecule has 2 aromatic rings. The molecule has 0 saturated carbocycles. The van der Waals surface area contributed by atoms with E-state index in [1.165, 1.54) is 6.42 Å². The molecule has 3 nitrogen and oxygen atoms in total. The van der Waals surface area contributed by atoms with Gasteiger partial charge < -0.3 is 10.6 Å². The Balaban J connectivity index is 2.62. The van der Waals surface area contributed by atoms with E-state index in [1.54, 1.807) is 0 Å². The van der Waals surface area contributed by atoms with E-state index in [4.69, 9.17) is 5.73 Å². The lowest BCUT2D eigenvalue weighted by Crippen LogP contribution is -2.32. The van der Waals surface area contributed by atoms with Gasteiger partial charge in [0, 0.05) is 23.2 Å². The molecule has 0 aliphatic heterocycles. The quantitative estimate of drug-likeness (QED) is 0.742. The molecule has 2 N–H and O–H groups in total. The van der Waals surface area contributed by atoms with Crippen molar-refractivity contribution in [3.05, 3.63) is 42.1 Å². The lowest BCUT2D eigenvalue weighted by molar-refractivity contribution is 0.418. The molecular weight excluding hydrogens is 294 g/mol. The first kappa shape index (κ1) is 18.3. The third-order valence-corrected chi connectivity index (χ3v) is 4.24. The minimum atomic E-state index is 0.154. The fourth-order valence-electron chi connectivity index (χ4n) is 3.00. The molecular formula is C21H31N3. The Morgan fingerprint density at radius 3 is 2.54 bits per heavy atom. The van der Waals surface area contributed by atoms with Gasteiger partial charge in [-0.05, 0) is 31.2 Å². The number of nitrogens with zero attached hydrogens (tertiary/aromatic N) is 2. The number of allylic oxidation sites excluding steroid dienone is 1. The van der Waals surface area contributed by atoms with Crippen LogP contribution in [0, 0.1) is 12.3 Å². The van der Waals surface area contributed by atoms with Gasteiger partial charge in [-0.1, -0.05) is 58.9 Å². The zero-order valence-corrected chi connectivity index (χ0v) is 15.8. The number of rotatable bonds is 6. The summed E-state index contributed by atoms with van der Waals surface area (Å²) >= 11 is 0. The summed E-state index contributed by atoms with van der Waals surface area (Å²) in [6, 6.07) is 8.23. The third-order valence-electron chi connectivity index (χ3n) is 4.24. The molecule has 1 heterocycles. The Morgan fingerprint density at radius 2 is 1.92 bits per heavy atom. The van der Waals surface area contributed by atoms with E-state index in [2.05, 4.69) is 63.2 Å². The van der Waals surface area contributed by atoms with Gasteiger partial charge in [0.2, 0.25) is 0 Å². The van der Waals surface area contributed by atoms with Crippen molar-refractivity contribution in [2.45, 2.75) is 53.9 Å². The second kappa shape index (κ2) is 7.25. The van der Waals surface area contributed by atoms with Crippen molar-refractivity contribution in [3.8, 4) is 0 Å². The Kier molecular flexibility index (Phi) is 5.53. The van der Waals surface area contributed by atoms with Crippen LogP contribution in [-0.4, -0.2) is 11.5 Å². The van der Waals surface area contributed by atoms with E-state index in [-0.39, 0.29) is 5.41 Å². The molecule has 0 spiro atoms. The zero-order valence-electron chi connectivity index (χ0n) is 15.8. The number of hydrogen-bond acceptors (Lipinski definition) is 3. The van der Waals surface area contributed by atoms with Gasteiger partial charge in [-0.2, -0.15) is 0 Å². The van der Waals surface area contributed by atoms with Crippen molar-refractivity contribution in [2.24, 2.45) is 5.41 Å². The predicted molar refractivity (Wildman–Crippen MR) is 106 cm³/mol. The Bertz CT molecular complexity index is 726. The van der Waals surface area contributed by atoms with E-state index < -0.39 is 0 Å². The molecule has 2 rings (SSSR count). The highest BCUT2D eigenvalue weighted by atomic mass is 15.2. The maximum Gasteiger partial charge on any atom is 0.129 e. The number of hydrogen-bond donors (Lipinski definition) is 1. The lowest BCUT2D eigenvalue weighted by atomic mass is 9.94. The number of nitrogens with two attached hydrogens (primary N) is 1. The first-order valence-electron chi connectivity index (χ1n) is 8.84. The van der Waals surface area contributed by atoms with Crippen LogP contribution in [0.5, 0.6) is 0 Å². The summed E-state index contributed by atoms with van der Waals surface area (Å²) in [6.45, 7) is 16.4. The smallest absolute Gasteiger partial charge is 0.129 e. The number of fused-ring (bicyclic) bond motifs is 1. The number of unbranched alkanes of at least 4 members (excludes halogenated alkanes) is 1. The van der Waals surface area contributed by atoms with Crippen molar-refractivity contribution in [1.29, 1.82) is 0 Å². The van der Waals surface area contributed by atoms with Crippen LogP contribution in [0.4, 0.5) is 11.5 Å². The molecule has 1 aromatic heterocycles. The highest BCUT2D eigenvalue weighted by Crippen LogP contribution is 2.37. The molecule has 0 radical (unpaired) electrons. The molecule has 0 fully saturated rings. The second-order valence-corrected chi connectivity index (χ2v) is 7.80. The van der Waals surface area contributed by atoms with Crippen LogP contribution in [0.15, 0.2) is 36.5 Å². The summed E-state index contributed by atoms with van der Waals surface area (Å²) in [6.07, 6.45) is 3.32. The number of aromatic nitrogens is 1. The van der Waals surface area contributed by atoms with Gasteiger partial charge in [0.25, 0.3) is 0 Å². The number of benzene rings is 1. The molecule has 3 heteroatoms. The molecule has 0 aliphatic rings. The van der Waals surface area contributed by atoms with Crippen molar-refractivity contribution in [1.82, 2.24) is 4.98 Å². The van der Waals surface area contributed by atoms with Crippen molar-refractivity contribution >= 4 is 22.4 Å². The second-order valence-electron chi connectivity index (χ2n) is 7.80. The summed E-state index contributed by atoms with van der Waals surface area (Å²) in [7, 11) is 0. The predicted octanol–water partition coefficient (Wildman–Crippen LogP) is 5.68. The summed E-state index contributed by atoms with van der Waals surface area (Å²) in [5, 5.41) is 1.14. The highest BCUT2D eigenvalue weighted by molar-refractivity contribution is 5.96. The van der Waals surface area contributed by atoms with Gasteiger partial charge in [-0.3, -0.25) is 0 Å². The first-order chi connectivity index (χ1) is 11.2. The number of pyridine rings is 1.